The number of aryl methyl sites for hydroxylation is 2. The van der Waals surface area contributed by atoms with E-state index in [2.05, 4.69) is 25.8 Å². The molecule has 0 fully saturated rings. The zero-order valence-electron chi connectivity index (χ0n) is 17.8. The van der Waals surface area contributed by atoms with Gasteiger partial charge >= 0.3 is 0 Å². The van der Waals surface area contributed by atoms with Crippen LogP contribution in [0.1, 0.15) is 49.1 Å². The van der Waals surface area contributed by atoms with Crippen LogP contribution < -0.4 is 10.6 Å². The lowest BCUT2D eigenvalue weighted by Gasteiger charge is -2.19. The zero-order valence-corrected chi connectivity index (χ0v) is 20.2. The van der Waals surface area contributed by atoms with E-state index in [0.717, 1.165) is 30.2 Å². The lowest BCUT2D eigenvalue weighted by atomic mass is 10.1. The predicted molar refractivity (Wildman–Crippen MR) is 124 cm³/mol. The molecule has 2 aromatic rings. The van der Waals surface area contributed by atoms with E-state index < -0.39 is 0 Å². The largest absolute Gasteiger partial charge is 0.382 e. The van der Waals surface area contributed by atoms with E-state index >= 15 is 0 Å². The number of aromatic nitrogens is 3. The molecule has 0 aliphatic heterocycles. The number of benzene rings is 1. The molecule has 162 valence electrons. The van der Waals surface area contributed by atoms with Gasteiger partial charge in [0.15, 0.2) is 11.8 Å². The van der Waals surface area contributed by atoms with Gasteiger partial charge in [-0.1, -0.05) is 12.1 Å². The minimum atomic E-state index is -0.205. The van der Waals surface area contributed by atoms with E-state index in [1.807, 2.05) is 38.5 Å². The van der Waals surface area contributed by atoms with Gasteiger partial charge in [-0.3, -0.25) is 0 Å². The first-order valence-electron chi connectivity index (χ1n) is 9.65. The lowest BCUT2D eigenvalue weighted by molar-refractivity contribution is 0.145. The third-order valence-electron chi connectivity index (χ3n) is 4.57. The van der Waals surface area contributed by atoms with Crippen molar-refractivity contribution in [3.8, 4) is 0 Å². The summed E-state index contributed by atoms with van der Waals surface area (Å²) in [5.74, 6) is 2.06. The molecule has 0 spiro atoms. The number of guanidine groups is 1. The smallest absolute Gasteiger partial charge is 0.192 e. The minimum absolute atomic E-state index is 0. The zero-order chi connectivity index (χ0) is 20.5. The molecule has 2 N–H and O–H groups in total. The highest BCUT2D eigenvalue weighted by Crippen LogP contribution is 2.16. The SMILES string of the molecule is CCOCCCNC(=NCc1nnc(C)n1C)NC(C)c1ccc(C)c(F)c1.I. The molecule has 9 heteroatoms. The summed E-state index contributed by atoms with van der Waals surface area (Å²) in [4.78, 5) is 4.63. The first-order valence-corrected chi connectivity index (χ1v) is 9.65. The fourth-order valence-electron chi connectivity index (χ4n) is 2.58. The number of nitrogens with zero attached hydrogens (tertiary/aromatic N) is 4. The first kappa shape index (κ1) is 25.3. The summed E-state index contributed by atoms with van der Waals surface area (Å²) in [6, 6.07) is 5.17. The van der Waals surface area contributed by atoms with Crippen LogP contribution in [0.4, 0.5) is 4.39 Å². The van der Waals surface area contributed by atoms with Crippen molar-refractivity contribution in [2.24, 2.45) is 12.0 Å². The van der Waals surface area contributed by atoms with Crippen molar-refractivity contribution in [1.82, 2.24) is 25.4 Å². The number of ether oxygens (including phenoxy) is 1. The molecule has 1 aromatic heterocycles. The Morgan fingerprint density at radius 3 is 2.69 bits per heavy atom. The monoisotopic (exact) mass is 518 g/mol. The van der Waals surface area contributed by atoms with Gasteiger partial charge in [-0.15, -0.1) is 34.2 Å². The maximum Gasteiger partial charge on any atom is 0.192 e. The fourth-order valence-corrected chi connectivity index (χ4v) is 2.58. The Labute approximate surface area is 189 Å². The Morgan fingerprint density at radius 1 is 1.31 bits per heavy atom. The highest BCUT2D eigenvalue weighted by Gasteiger charge is 2.11. The Morgan fingerprint density at radius 2 is 2.07 bits per heavy atom. The number of hydrogen-bond donors (Lipinski definition) is 2. The Bertz CT molecular complexity index is 795. The summed E-state index contributed by atoms with van der Waals surface area (Å²) in [5, 5.41) is 14.9. The molecule has 29 heavy (non-hydrogen) atoms. The summed E-state index contributed by atoms with van der Waals surface area (Å²) >= 11 is 0. The van der Waals surface area contributed by atoms with Crippen LogP contribution in [0.15, 0.2) is 23.2 Å². The summed E-state index contributed by atoms with van der Waals surface area (Å²) in [6.45, 7) is 10.1. The van der Waals surface area contributed by atoms with E-state index in [1.165, 1.54) is 0 Å². The van der Waals surface area contributed by atoms with Crippen molar-refractivity contribution < 1.29 is 9.13 Å². The van der Waals surface area contributed by atoms with Gasteiger partial charge in [0.1, 0.15) is 18.2 Å². The van der Waals surface area contributed by atoms with Gasteiger partial charge in [0.25, 0.3) is 0 Å². The molecule has 1 heterocycles. The third kappa shape index (κ3) is 7.88. The van der Waals surface area contributed by atoms with Crippen LogP contribution in [-0.2, 0) is 18.3 Å². The summed E-state index contributed by atoms with van der Waals surface area (Å²) < 4.78 is 21.2. The fraction of sp³-hybridized carbons (Fsp3) is 0.550. The molecular formula is C20H32FIN6O. The molecule has 0 amide bonds. The lowest BCUT2D eigenvalue weighted by Crippen LogP contribution is -2.39. The van der Waals surface area contributed by atoms with Crippen LogP contribution in [0.3, 0.4) is 0 Å². The van der Waals surface area contributed by atoms with Gasteiger partial charge < -0.3 is 19.9 Å². The van der Waals surface area contributed by atoms with Gasteiger partial charge in [-0.25, -0.2) is 9.38 Å². The summed E-state index contributed by atoms with van der Waals surface area (Å²) in [5.41, 5.74) is 1.50. The van der Waals surface area contributed by atoms with E-state index in [0.29, 0.717) is 31.3 Å². The maximum atomic E-state index is 13.9. The van der Waals surface area contributed by atoms with Crippen LogP contribution in [0.2, 0.25) is 0 Å². The molecule has 0 bridgehead atoms. The van der Waals surface area contributed by atoms with Crippen LogP contribution in [-0.4, -0.2) is 40.5 Å². The molecule has 1 unspecified atom stereocenters. The average molecular weight is 518 g/mol. The standard InChI is InChI=1S/C20H31FN6O.HI/c1-6-28-11-7-10-22-20(23-13-19-26-25-16(4)27(19)5)24-15(3)17-9-8-14(2)18(21)12-17;/h8-9,12,15H,6-7,10-11,13H2,1-5H3,(H2,22,23,24);1H. The third-order valence-corrected chi connectivity index (χ3v) is 4.57. The number of nitrogens with one attached hydrogen (secondary N) is 2. The maximum absolute atomic E-state index is 13.9. The molecule has 2 rings (SSSR count). The highest BCUT2D eigenvalue weighted by molar-refractivity contribution is 14.0. The molecule has 0 radical (unpaired) electrons. The molecule has 0 aliphatic carbocycles. The van der Waals surface area contributed by atoms with Crippen molar-refractivity contribution in [3.05, 3.63) is 46.8 Å². The van der Waals surface area contributed by atoms with Crippen molar-refractivity contribution in [1.29, 1.82) is 0 Å². The molecule has 0 saturated carbocycles. The van der Waals surface area contributed by atoms with E-state index in [1.54, 1.807) is 19.1 Å². The second-order valence-corrected chi connectivity index (χ2v) is 6.74. The van der Waals surface area contributed by atoms with Crippen LogP contribution in [0, 0.1) is 19.7 Å². The quantitative estimate of drug-likeness (QED) is 0.230. The van der Waals surface area contributed by atoms with E-state index in [9.17, 15) is 4.39 Å². The highest BCUT2D eigenvalue weighted by atomic mass is 127. The predicted octanol–water partition coefficient (Wildman–Crippen LogP) is 3.41. The van der Waals surface area contributed by atoms with Gasteiger partial charge in [0.05, 0.1) is 6.04 Å². The normalized spacial score (nSPS) is 12.4. The van der Waals surface area contributed by atoms with Gasteiger partial charge in [-0.2, -0.15) is 0 Å². The number of rotatable bonds is 9. The Hall–Kier alpha value is -1.75. The van der Waals surface area contributed by atoms with E-state index in [-0.39, 0.29) is 35.8 Å². The Balaban J connectivity index is 0.00000420. The molecule has 0 aliphatic rings. The van der Waals surface area contributed by atoms with Crippen molar-refractivity contribution in [2.75, 3.05) is 19.8 Å². The summed E-state index contributed by atoms with van der Waals surface area (Å²) in [7, 11) is 1.92. The number of aliphatic imine (C=N–C) groups is 1. The summed E-state index contributed by atoms with van der Waals surface area (Å²) in [6.07, 6.45) is 0.866. The van der Waals surface area contributed by atoms with Crippen molar-refractivity contribution in [2.45, 2.75) is 46.7 Å². The second-order valence-electron chi connectivity index (χ2n) is 6.74. The molecule has 1 aromatic carbocycles. The van der Waals surface area contributed by atoms with Gasteiger partial charge in [0, 0.05) is 26.8 Å². The van der Waals surface area contributed by atoms with Gasteiger partial charge in [0.2, 0.25) is 0 Å². The topological polar surface area (TPSA) is 76.4 Å². The van der Waals surface area contributed by atoms with E-state index in [4.69, 9.17) is 4.74 Å². The van der Waals surface area contributed by atoms with Gasteiger partial charge in [-0.05, 0) is 51.3 Å². The average Bonchev–Trinajstić information content (AvgIpc) is 2.99. The van der Waals surface area contributed by atoms with Crippen LogP contribution in [0.5, 0.6) is 0 Å². The second kappa shape index (κ2) is 12.7. The number of halogens is 2. The van der Waals surface area contributed by atoms with Crippen LogP contribution in [0.25, 0.3) is 0 Å². The first-order chi connectivity index (χ1) is 13.4. The molecule has 0 saturated heterocycles. The molecule has 1 atom stereocenters. The molecular weight excluding hydrogens is 486 g/mol. The number of hydrogen-bond acceptors (Lipinski definition) is 4. The van der Waals surface area contributed by atoms with Crippen molar-refractivity contribution >= 4 is 29.9 Å². The Kier molecular flexibility index (Phi) is 11.1. The van der Waals surface area contributed by atoms with Crippen LogP contribution >= 0.6 is 24.0 Å². The van der Waals surface area contributed by atoms with Crippen molar-refractivity contribution in [3.63, 3.8) is 0 Å². The molecule has 7 nitrogen and oxygen atoms in total. The minimum Gasteiger partial charge on any atom is -0.382 e.